The van der Waals surface area contributed by atoms with Crippen LogP contribution in [0.1, 0.15) is 140 Å². The molecule has 0 spiro atoms. The van der Waals surface area contributed by atoms with Crippen LogP contribution in [-0.2, 0) is 9.47 Å². The van der Waals surface area contributed by atoms with E-state index in [4.69, 9.17) is 20.1 Å². The topological polar surface area (TPSA) is 46.7 Å². The van der Waals surface area contributed by atoms with Gasteiger partial charge in [-0.15, -0.1) is 11.4 Å². The molecule has 0 heterocycles. The van der Waals surface area contributed by atoms with Gasteiger partial charge in [0.2, 0.25) is 0 Å². The van der Waals surface area contributed by atoms with Crippen molar-refractivity contribution in [2.45, 2.75) is 121 Å². The Labute approximate surface area is 308 Å². The molecule has 3 aromatic carbocycles. The molecular formula is C40H62Li2N2O2. The van der Waals surface area contributed by atoms with E-state index in [1.54, 1.807) is 0 Å². The summed E-state index contributed by atoms with van der Waals surface area (Å²) in [4.78, 5) is 0. The first kappa shape index (κ1) is 46.5. The minimum Gasteiger partial charge on any atom is -0.658 e. The van der Waals surface area contributed by atoms with Gasteiger partial charge in [0.05, 0.1) is 0 Å². The molecule has 0 atom stereocenters. The van der Waals surface area contributed by atoms with E-state index in [9.17, 15) is 0 Å². The first-order valence-electron chi connectivity index (χ1n) is 16.8. The summed E-state index contributed by atoms with van der Waals surface area (Å²) in [5.41, 5.74) is 11.8. The van der Waals surface area contributed by atoms with Crippen molar-refractivity contribution in [3.8, 4) is 0 Å². The van der Waals surface area contributed by atoms with Crippen molar-refractivity contribution in [2.24, 2.45) is 0 Å². The van der Waals surface area contributed by atoms with E-state index in [0.717, 1.165) is 49.2 Å². The van der Waals surface area contributed by atoms with E-state index in [1.165, 1.54) is 33.4 Å². The molecule has 3 aromatic rings. The Hall–Kier alpha value is -1.63. The van der Waals surface area contributed by atoms with Crippen LogP contribution in [0.4, 0.5) is 22.7 Å². The van der Waals surface area contributed by atoms with Crippen LogP contribution in [0, 0.1) is 13.8 Å². The molecule has 0 saturated carbocycles. The maximum atomic E-state index is 5.34. The van der Waals surface area contributed by atoms with Gasteiger partial charge in [-0.2, -0.15) is 11.4 Å². The predicted molar refractivity (Wildman–Crippen MR) is 195 cm³/mol. The van der Waals surface area contributed by atoms with Crippen molar-refractivity contribution >= 4 is 22.7 Å². The fraction of sp³-hybridized carbons (Fsp3) is 0.550. The van der Waals surface area contributed by atoms with Gasteiger partial charge in [0.15, 0.2) is 0 Å². The number of ether oxygens (including phenoxy) is 2. The maximum absolute atomic E-state index is 5.34. The van der Waals surface area contributed by atoms with E-state index in [0.29, 0.717) is 23.7 Å². The van der Waals surface area contributed by atoms with Crippen molar-refractivity contribution in [3.63, 3.8) is 0 Å². The van der Waals surface area contributed by atoms with E-state index in [-0.39, 0.29) is 37.7 Å². The molecule has 4 nitrogen and oxygen atoms in total. The molecule has 0 bridgehead atoms. The quantitative estimate of drug-likeness (QED) is 0.197. The SMILES string of the molecule is CCOCC.CCOCC.Cc1cc([N-]c2c(C(C)C)cccc2C(C)C)c([N-]c2c(C(C)C)cccc2C(C)C)cc1C.[Li+].[Li+]. The van der Waals surface area contributed by atoms with Gasteiger partial charge in [0.1, 0.15) is 0 Å². The molecule has 0 N–H and O–H groups in total. The maximum Gasteiger partial charge on any atom is 1.00 e. The van der Waals surface area contributed by atoms with Gasteiger partial charge in [0, 0.05) is 26.4 Å². The number of nitrogens with zero attached hydrogens (tertiary/aromatic N) is 2. The van der Waals surface area contributed by atoms with Crippen LogP contribution in [0.2, 0.25) is 0 Å². The normalized spacial score (nSPS) is 10.5. The third-order valence-electron chi connectivity index (χ3n) is 7.56. The summed E-state index contributed by atoms with van der Waals surface area (Å²) in [6.07, 6.45) is 0. The average Bonchev–Trinajstić information content (AvgIpc) is 2.96. The second-order valence-electron chi connectivity index (χ2n) is 12.4. The number of hydrogen-bond acceptors (Lipinski definition) is 2. The Balaban J connectivity index is 0. The van der Waals surface area contributed by atoms with E-state index < -0.39 is 0 Å². The summed E-state index contributed by atoms with van der Waals surface area (Å²) in [5.74, 6) is 1.61. The molecule has 3 rings (SSSR count). The first-order valence-corrected chi connectivity index (χ1v) is 16.8. The van der Waals surface area contributed by atoms with Gasteiger partial charge in [-0.1, -0.05) is 126 Å². The largest absolute Gasteiger partial charge is 1.00 e. The fourth-order valence-electron chi connectivity index (χ4n) is 4.90. The Morgan fingerprint density at radius 1 is 0.478 bits per heavy atom. The van der Waals surface area contributed by atoms with Crippen LogP contribution in [0.25, 0.3) is 10.6 Å². The minimum atomic E-state index is 0. The van der Waals surface area contributed by atoms with Crippen LogP contribution >= 0.6 is 0 Å². The first-order chi connectivity index (χ1) is 20.8. The summed E-state index contributed by atoms with van der Waals surface area (Å²) in [5, 5.41) is 10.7. The predicted octanol–water partition coefficient (Wildman–Crippen LogP) is 7.56. The number of para-hydroxylation sites is 2. The molecule has 0 aromatic heterocycles. The average molecular weight is 617 g/mol. The Morgan fingerprint density at radius 2 is 0.717 bits per heavy atom. The van der Waals surface area contributed by atoms with Crippen LogP contribution in [0.15, 0.2) is 48.5 Å². The van der Waals surface area contributed by atoms with Gasteiger partial charge in [-0.05, 0) is 76.3 Å². The van der Waals surface area contributed by atoms with E-state index in [1.807, 2.05) is 27.7 Å². The molecule has 0 unspecified atom stereocenters. The number of benzene rings is 3. The molecule has 0 fully saturated rings. The fourth-order valence-corrected chi connectivity index (χ4v) is 4.90. The smallest absolute Gasteiger partial charge is 0.658 e. The van der Waals surface area contributed by atoms with Gasteiger partial charge < -0.3 is 20.1 Å². The third-order valence-corrected chi connectivity index (χ3v) is 7.56. The van der Waals surface area contributed by atoms with Gasteiger partial charge in [-0.3, -0.25) is 0 Å². The Kier molecular flexibility index (Phi) is 24.8. The number of rotatable bonds is 12. The van der Waals surface area contributed by atoms with Gasteiger partial charge >= 0.3 is 37.7 Å². The molecule has 0 radical (unpaired) electrons. The second-order valence-corrected chi connectivity index (χ2v) is 12.4. The zero-order valence-electron chi connectivity index (χ0n) is 32.5. The Bertz CT molecular complexity index is 1100. The summed E-state index contributed by atoms with van der Waals surface area (Å²) in [6.45, 7) is 33.6. The minimum absolute atomic E-state index is 0. The molecule has 0 aliphatic heterocycles. The monoisotopic (exact) mass is 617 g/mol. The standard InChI is InChI=1S/C32H42N2.2C4H10O.2Li/c1-19(2)25-13-11-14-26(20(3)4)31(25)33-29-17-23(9)24(10)18-30(29)34-32-27(21(5)6)15-12-16-28(32)22(7)8;2*1-3-5-4-2;;/h11-22H,1-10H3;2*3-4H2,1-2H3;;/q-2;;;2*+1. The number of hydrogen-bond donors (Lipinski definition) is 0. The van der Waals surface area contributed by atoms with E-state index in [2.05, 4.69) is 118 Å². The van der Waals surface area contributed by atoms with Crippen molar-refractivity contribution in [1.82, 2.24) is 0 Å². The zero-order chi connectivity index (χ0) is 33.4. The molecule has 0 amide bonds. The summed E-state index contributed by atoms with van der Waals surface area (Å²) >= 11 is 0. The second kappa shape index (κ2) is 24.5. The van der Waals surface area contributed by atoms with Crippen molar-refractivity contribution in [1.29, 1.82) is 0 Å². The summed E-state index contributed by atoms with van der Waals surface area (Å²) in [7, 11) is 0. The molecule has 0 saturated heterocycles. The summed E-state index contributed by atoms with van der Waals surface area (Å²) in [6, 6.07) is 17.6. The van der Waals surface area contributed by atoms with Crippen LogP contribution in [0.3, 0.4) is 0 Å². The van der Waals surface area contributed by atoms with Crippen molar-refractivity contribution in [2.75, 3.05) is 26.4 Å². The molecular weight excluding hydrogens is 554 g/mol. The molecule has 6 heteroatoms. The molecule has 246 valence electrons. The van der Waals surface area contributed by atoms with Crippen LogP contribution < -0.4 is 37.7 Å². The molecule has 0 aliphatic carbocycles. The zero-order valence-corrected chi connectivity index (χ0v) is 32.5. The van der Waals surface area contributed by atoms with Crippen LogP contribution in [-0.4, -0.2) is 26.4 Å². The summed E-state index contributed by atoms with van der Waals surface area (Å²) < 4.78 is 9.67. The molecule has 0 aliphatic rings. The number of aryl methyl sites for hydroxylation is 2. The van der Waals surface area contributed by atoms with Gasteiger partial charge in [0.25, 0.3) is 0 Å². The molecule has 46 heavy (non-hydrogen) atoms. The Morgan fingerprint density at radius 3 is 0.891 bits per heavy atom. The van der Waals surface area contributed by atoms with Crippen LogP contribution in [0.5, 0.6) is 0 Å². The van der Waals surface area contributed by atoms with Crippen molar-refractivity contribution in [3.05, 3.63) is 92.5 Å². The van der Waals surface area contributed by atoms with Crippen molar-refractivity contribution < 1.29 is 47.2 Å². The van der Waals surface area contributed by atoms with Gasteiger partial charge in [-0.25, -0.2) is 0 Å². The third kappa shape index (κ3) is 14.6. The van der Waals surface area contributed by atoms with E-state index >= 15 is 0 Å².